The van der Waals surface area contributed by atoms with Crippen molar-refractivity contribution in [2.45, 2.75) is 0 Å². The standard InChI is InChI=1S/C16H15N3O6/c1-24-14(20)9-13(16(23)25-2)18-12-8-10(19-7-3-6-17-19)4-5-11(12)15(21)22/h3-9,18H,1-2H3,(H,21,22)/b13-9+. The molecular formula is C16H15N3O6. The number of methoxy groups -OCH3 is 2. The van der Waals surface area contributed by atoms with Gasteiger partial charge in [0.05, 0.1) is 37.2 Å². The van der Waals surface area contributed by atoms with Crippen LogP contribution >= 0.6 is 0 Å². The summed E-state index contributed by atoms with van der Waals surface area (Å²) < 4.78 is 10.6. The Labute approximate surface area is 142 Å². The summed E-state index contributed by atoms with van der Waals surface area (Å²) >= 11 is 0. The molecule has 0 aliphatic heterocycles. The smallest absolute Gasteiger partial charge is 0.354 e. The Hall–Kier alpha value is -3.62. The molecule has 1 aromatic carbocycles. The zero-order valence-corrected chi connectivity index (χ0v) is 13.4. The minimum absolute atomic E-state index is 0.0843. The largest absolute Gasteiger partial charge is 0.478 e. The lowest BCUT2D eigenvalue weighted by Gasteiger charge is -2.13. The number of carboxylic acids is 1. The predicted octanol–water partition coefficient (Wildman–Crippen LogP) is 1.21. The minimum atomic E-state index is -1.21. The lowest BCUT2D eigenvalue weighted by atomic mass is 10.1. The Balaban J connectivity index is 2.48. The second-order valence-electron chi connectivity index (χ2n) is 4.68. The van der Waals surface area contributed by atoms with Gasteiger partial charge in [-0.1, -0.05) is 0 Å². The van der Waals surface area contributed by atoms with Crippen LogP contribution < -0.4 is 5.32 Å². The van der Waals surface area contributed by atoms with E-state index in [0.29, 0.717) is 5.69 Å². The maximum Gasteiger partial charge on any atom is 0.354 e. The third kappa shape index (κ3) is 4.22. The molecule has 0 fully saturated rings. The van der Waals surface area contributed by atoms with Crippen LogP contribution in [0.2, 0.25) is 0 Å². The molecule has 0 unspecified atom stereocenters. The fraction of sp³-hybridized carbons (Fsp3) is 0.125. The van der Waals surface area contributed by atoms with Crippen LogP contribution in [0.1, 0.15) is 10.4 Å². The zero-order chi connectivity index (χ0) is 18.4. The van der Waals surface area contributed by atoms with Crippen LogP contribution in [0.15, 0.2) is 48.4 Å². The van der Waals surface area contributed by atoms with Crippen molar-refractivity contribution in [3.05, 3.63) is 54.0 Å². The van der Waals surface area contributed by atoms with Crippen LogP contribution in [0.3, 0.4) is 0 Å². The molecular weight excluding hydrogens is 330 g/mol. The maximum absolute atomic E-state index is 11.8. The van der Waals surface area contributed by atoms with Gasteiger partial charge >= 0.3 is 17.9 Å². The number of hydrogen-bond acceptors (Lipinski definition) is 7. The molecule has 0 spiro atoms. The number of rotatable bonds is 6. The van der Waals surface area contributed by atoms with Gasteiger partial charge in [-0.15, -0.1) is 0 Å². The molecule has 0 saturated heterocycles. The Bertz CT molecular complexity index is 826. The number of benzene rings is 1. The quantitative estimate of drug-likeness (QED) is 0.592. The SMILES string of the molecule is COC(=O)/C=C(/Nc1cc(-n2cccn2)ccc1C(=O)O)C(=O)OC. The molecule has 0 bridgehead atoms. The first kappa shape index (κ1) is 17.7. The fourth-order valence-corrected chi connectivity index (χ4v) is 1.96. The number of carbonyl (C=O) groups is 3. The van der Waals surface area contributed by atoms with Crippen LogP contribution in [0, 0.1) is 0 Å². The van der Waals surface area contributed by atoms with Gasteiger partial charge in [-0.05, 0) is 24.3 Å². The molecule has 2 aromatic rings. The summed E-state index contributed by atoms with van der Waals surface area (Å²) in [5.74, 6) is -2.86. The van der Waals surface area contributed by atoms with Gasteiger partial charge in [-0.25, -0.2) is 19.1 Å². The number of hydrogen-bond donors (Lipinski definition) is 2. The van der Waals surface area contributed by atoms with E-state index in [-0.39, 0.29) is 16.9 Å². The molecule has 0 aliphatic rings. The van der Waals surface area contributed by atoms with E-state index in [1.54, 1.807) is 24.5 Å². The van der Waals surface area contributed by atoms with Crippen molar-refractivity contribution in [1.82, 2.24) is 9.78 Å². The van der Waals surface area contributed by atoms with E-state index in [9.17, 15) is 19.5 Å². The van der Waals surface area contributed by atoms with Crippen LogP contribution in [-0.4, -0.2) is 47.0 Å². The van der Waals surface area contributed by atoms with Gasteiger partial charge in [0.1, 0.15) is 5.70 Å². The van der Waals surface area contributed by atoms with Gasteiger partial charge in [-0.2, -0.15) is 5.10 Å². The van der Waals surface area contributed by atoms with E-state index in [4.69, 9.17) is 0 Å². The number of carboxylic acid groups (broad SMARTS) is 1. The van der Waals surface area contributed by atoms with Crippen LogP contribution in [0.4, 0.5) is 5.69 Å². The van der Waals surface area contributed by atoms with Crippen molar-refractivity contribution in [2.24, 2.45) is 0 Å². The highest BCUT2D eigenvalue weighted by Gasteiger charge is 2.18. The first-order valence-electron chi connectivity index (χ1n) is 6.98. The molecule has 9 heteroatoms. The third-order valence-corrected chi connectivity index (χ3v) is 3.14. The van der Waals surface area contributed by atoms with Crippen molar-refractivity contribution in [3.8, 4) is 5.69 Å². The molecule has 25 heavy (non-hydrogen) atoms. The molecule has 0 amide bonds. The summed E-state index contributed by atoms with van der Waals surface area (Å²) in [6.07, 6.45) is 4.11. The maximum atomic E-state index is 11.8. The van der Waals surface area contributed by atoms with Gasteiger partial charge in [0.2, 0.25) is 0 Å². The number of aromatic carboxylic acids is 1. The average Bonchev–Trinajstić information content (AvgIpc) is 3.14. The molecule has 9 nitrogen and oxygen atoms in total. The third-order valence-electron chi connectivity index (χ3n) is 3.14. The predicted molar refractivity (Wildman–Crippen MR) is 86.3 cm³/mol. The summed E-state index contributed by atoms with van der Waals surface area (Å²) in [6.45, 7) is 0. The number of anilines is 1. The second-order valence-corrected chi connectivity index (χ2v) is 4.68. The number of esters is 2. The molecule has 1 heterocycles. The Morgan fingerprint density at radius 2 is 2.00 bits per heavy atom. The second kappa shape index (κ2) is 7.77. The zero-order valence-electron chi connectivity index (χ0n) is 13.4. The molecule has 2 N–H and O–H groups in total. The molecule has 2 rings (SSSR count). The number of aromatic nitrogens is 2. The van der Waals surface area contributed by atoms with E-state index in [1.165, 1.54) is 16.8 Å². The Kier molecular flexibility index (Phi) is 5.51. The van der Waals surface area contributed by atoms with E-state index < -0.39 is 17.9 Å². The molecule has 0 aliphatic carbocycles. The van der Waals surface area contributed by atoms with E-state index in [1.807, 2.05) is 0 Å². The fourth-order valence-electron chi connectivity index (χ4n) is 1.96. The summed E-state index contributed by atoms with van der Waals surface area (Å²) in [7, 11) is 2.28. The van der Waals surface area contributed by atoms with Crippen LogP contribution in [0.5, 0.6) is 0 Å². The monoisotopic (exact) mass is 345 g/mol. The van der Waals surface area contributed by atoms with E-state index in [0.717, 1.165) is 20.3 Å². The minimum Gasteiger partial charge on any atom is -0.478 e. The molecule has 0 atom stereocenters. The van der Waals surface area contributed by atoms with Crippen molar-refractivity contribution < 1.29 is 29.0 Å². The normalized spacial score (nSPS) is 10.9. The van der Waals surface area contributed by atoms with Gasteiger partial charge in [0, 0.05) is 12.4 Å². The molecule has 0 saturated carbocycles. The molecule has 0 radical (unpaired) electrons. The Morgan fingerprint density at radius 1 is 1.24 bits per heavy atom. The summed E-state index contributed by atoms with van der Waals surface area (Å²) in [5, 5.41) is 16.0. The summed E-state index contributed by atoms with van der Waals surface area (Å²) in [4.78, 5) is 34.7. The highest BCUT2D eigenvalue weighted by atomic mass is 16.5. The van der Waals surface area contributed by atoms with Crippen LogP contribution in [-0.2, 0) is 19.1 Å². The lowest BCUT2D eigenvalue weighted by Crippen LogP contribution is -2.17. The first-order valence-corrected chi connectivity index (χ1v) is 6.98. The Morgan fingerprint density at radius 3 is 2.56 bits per heavy atom. The average molecular weight is 345 g/mol. The van der Waals surface area contributed by atoms with Crippen LogP contribution in [0.25, 0.3) is 5.69 Å². The summed E-state index contributed by atoms with van der Waals surface area (Å²) in [5.41, 5.74) is 0.269. The highest BCUT2D eigenvalue weighted by molar-refractivity contribution is 6.01. The van der Waals surface area contributed by atoms with Crippen molar-refractivity contribution >= 4 is 23.6 Å². The van der Waals surface area contributed by atoms with Gasteiger partial charge in [-0.3, -0.25) is 0 Å². The number of nitrogens with one attached hydrogen (secondary N) is 1. The van der Waals surface area contributed by atoms with Crippen molar-refractivity contribution in [2.75, 3.05) is 19.5 Å². The first-order chi connectivity index (χ1) is 12.0. The highest BCUT2D eigenvalue weighted by Crippen LogP contribution is 2.22. The molecule has 130 valence electrons. The lowest BCUT2D eigenvalue weighted by molar-refractivity contribution is -0.138. The van der Waals surface area contributed by atoms with E-state index in [2.05, 4.69) is 19.9 Å². The van der Waals surface area contributed by atoms with Gasteiger partial charge in [0.15, 0.2) is 0 Å². The summed E-state index contributed by atoms with van der Waals surface area (Å²) in [6, 6.07) is 6.10. The van der Waals surface area contributed by atoms with Crippen molar-refractivity contribution in [3.63, 3.8) is 0 Å². The van der Waals surface area contributed by atoms with E-state index >= 15 is 0 Å². The number of ether oxygens (including phenoxy) is 2. The van der Waals surface area contributed by atoms with Gasteiger partial charge < -0.3 is 19.9 Å². The van der Waals surface area contributed by atoms with Crippen molar-refractivity contribution in [1.29, 1.82) is 0 Å². The molecule has 1 aromatic heterocycles. The van der Waals surface area contributed by atoms with Gasteiger partial charge in [0.25, 0.3) is 0 Å². The number of carbonyl (C=O) groups excluding carboxylic acids is 2. The number of nitrogens with zero attached hydrogens (tertiary/aromatic N) is 2. The topological polar surface area (TPSA) is 120 Å².